The SMILES string of the molecule is Cc1cc(NC(=O)c2cccc(F)c2)sc1C(=O)N(C)CC(O)C(F)(F)F. The number of alkyl halides is 3. The third-order valence-electron chi connectivity index (χ3n) is 3.61. The van der Waals surface area contributed by atoms with E-state index in [0.29, 0.717) is 5.56 Å². The van der Waals surface area contributed by atoms with Crippen molar-refractivity contribution in [2.24, 2.45) is 0 Å². The number of carbonyl (C=O) groups is 2. The summed E-state index contributed by atoms with van der Waals surface area (Å²) in [5.74, 6) is -1.88. The number of hydrogen-bond acceptors (Lipinski definition) is 4. The highest BCUT2D eigenvalue weighted by Gasteiger charge is 2.39. The lowest BCUT2D eigenvalue weighted by Crippen LogP contribution is -2.41. The van der Waals surface area contributed by atoms with Crippen molar-refractivity contribution in [3.05, 3.63) is 52.2 Å². The minimum atomic E-state index is -4.83. The second kappa shape index (κ2) is 8.05. The van der Waals surface area contributed by atoms with Crippen LogP contribution in [0.2, 0.25) is 0 Å². The normalized spacial score (nSPS) is 12.6. The van der Waals surface area contributed by atoms with Crippen molar-refractivity contribution < 1.29 is 32.3 Å². The molecule has 1 heterocycles. The van der Waals surface area contributed by atoms with Crippen molar-refractivity contribution in [3.63, 3.8) is 0 Å². The molecule has 0 fully saturated rings. The lowest BCUT2D eigenvalue weighted by molar-refractivity contribution is -0.205. The summed E-state index contributed by atoms with van der Waals surface area (Å²) in [6.07, 6.45) is -7.48. The Bertz CT molecular complexity index is 851. The summed E-state index contributed by atoms with van der Waals surface area (Å²) in [6, 6.07) is 6.52. The first kappa shape index (κ1) is 20.8. The maximum absolute atomic E-state index is 13.2. The number of amides is 2. The predicted octanol–water partition coefficient (Wildman–Crippen LogP) is 3.44. The Balaban J connectivity index is 2.11. The molecule has 146 valence electrons. The first-order chi connectivity index (χ1) is 12.5. The Hall–Kier alpha value is -2.46. The predicted molar refractivity (Wildman–Crippen MR) is 92.4 cm³/mol. The van der Waals surface area contributed by atoms with Crippen molar-refractivity contribution in [1.82, 2.24) is 4.90 Å². The van der Waals surface area contributed by atoms with Crippen LogP contribution < -0.4 is 5.32 Å². The van der Waals surface area contributed by atoms with Crippen molar-refractivity contribution in [2.75, 3.05) is 18.9 Å². The average Bonchev–Trinajstić information content (AvgIpc) is 2.93. The van der Waals surface area contributed by atoms with Gasteiger partial charge in [-0.3, -0.25) is 9.59 Å². The number of aliphatic hydroxyl groups is 1. The number of halogens is 4. The van der Waals surface area contributed by atoms with Crippen molar-refractivity contribution in [2.45, 2.75) is 19.2 Å². The summed E-state index contributed by atoms with van der Waals surface area (Å²) < 4.78 is 50.5. The molecule has 0 bridgehead atoms. The van der Waals surface area contributed by atoms with Gasteiger partial charge in [0, 0.05) is 12.6 Å². The molecule has 0 spiro atoms. The molecular weight excluding hydrogens is 388 g/mol. The lowest BCUT2D eigenvalue weighted by atomic mass is 10.2. The lowest BCUT2D eigenvalue weighted by Gasteiger charge is -2.22. The van der Waals surface area contributed by atoms with E-state index in [2.05, 4.69) is 5.32 Å². The molecule has 1 unspecified atom stereocenters. The van der Waals surface area contributed by atoms with Gasteiger partial charge in [-0.2, -0.15) is 13.2 Å². The van der Waals surface area contributed by atoms with E-state index in [-0.39, 0.29) is 15.4 Å². The van der Waals surface area contributed by atoms with Gasteiger partial charge in [0.05, 0.1) is 16.4 Å². The van der Waals surface area contributed by atoms with Gasteiger partial charge < -0.3 is 15.3 Å². The Morgan fingerprint density at radius 1 is 1.30 bits per heavy atom. The minimum Gasteiger partial charge on any atom is -0.382 e. The number of benzene rings is 1. The Morgan fingerprint density at radius 3 is 2.56 bits per heavy atom. The van der Waals surface area contributed by atoms with Crippen LogP contribution in [0.25, 0.3) is 0 Å². The van der Waals surface area contributed by atoms with Gasteiger partial charge in [0.1, 0.15) is 5.82 Å². The van der Waals surface area contributed by atoms with Crippen molar-refractivity contribution >= 4 is 28.2 Å². The van der Waals surface area contributed by atoms with Gasteiger partial charge in [-0.05, 0) is 36.8 Å². The van der Waals surface area contributed by atoms with Gasteiger partial charge in [-0.25, -0.2) is 4.39 Å². The smallest absolute Gasteiger partial charge is 0.382 e. The van der Waals surface area contributed by atoms with Crippen LogP contribution in [0.3, 0.4) is 0 Å². The van der Waals surface area contributed by atoms with Crippen LogP contribution in [0.15, 0.2) is 30.3 Å². The number of aryl methyl sites for hydroxylation is 1. The number of likely N-dealkylation sites (N-methyl/N-ethyl adjacent to an activating group) is 1. The number of nitrogens with zero attached hydrogens (tertiary/aromatic N) is 1. The van der Waals surface area contributed by atoms with E-state index in [1.807, 2.05) is 0 Å². The maximum atomic E-state index is 13.2. The molecule has 1 aromatic carbocycles. The van der Waals surface area contributed by atoms with E-state index >= 15 is 0 Å². The molecule has 27 heavy (non-hydrogen) atoms. The number of thiophene rings is 1. The van der Waals surface area contributed by atoms with Gasteiger partial charge in [0.15, 0.2) is 6.10 Å². The van der Waals surface area contributed by atoms with Crippen LogP contribution in [0.4, 0.5) is 22.6 Å². The van der Waals surface area contributed by atoms with Crippen molar-refractivity contribution in [3.8, 4) is 0 Å². The van der Waals surface area contributed by atoms with E-state index in [4.69, 9.17) is 5.11 Å². The fraction of sp³-hybridized carbons (Fsp3) is 0.294. The monoisotopic (exact) mass is 404 g/mol. The first-order valence-electron chi connectivity index (χ1n) is 7.66. The molecule has 2 aromatic rings. The molecule has 2 amide bonds. The van der Waals surface area contributed by atoms with Crippen molar-refractivity contribution in [1.29, 1.82) is 0 Å². The summed E-state index contributed by atoms with van der Waals surface area (Å²) in [5.41, 5.74) is 0.534. The molecule has 0 aliphatic heterocycles. The van der Waals surface area contributed by atoms with Gasteiger partial charge in [0.2, 0.25) is 0 Å². The van der Waals surface area contributed by atoms with Crippen LogP contribution in [0, 0.1) is 12.7 Å². The first-order valence-corrected chi connectivity index (χ1v) is 8.48. The molecule has 0 saturated carbocycles. The second-order valence-corrected chi connectivity index (χ2v) is 6.88. The zero-order chi connectivity index (χ0) is 20.4. The molecule has 0 saturated heterocycles. The summed E-state index contributed by atoms with van der Waals surface area (Å²) >= 11 is 0.878. The number of aliphatic hydroxyl groups excluding tert-OH is 1. The summed E-state index contributed by atoms with van der Waals surface area (Å²) in [5, 5.41) is 11.9. The Labute approximate surface area is 156 Å². The zero-order valence-corrected chi connectivity index (χ0v) is 15.1. The van der Waals surface area contributed by atoms with Crippen LogP contribution in [-0.4, -0.2) is 47.7 Å². The fourth-order valence-corrected chi connectivity index (χ4v) is 3.25. The molecule has 1 aromatic heterocycles. The second-order valence-electron chi connectivity index (χ2n) is 5.83. The van der Waals surface area contributed by atoms with Gasteiger partial charge in [-0.15, -0.1) is 11.3 Å². The van der Waals surface area contributed by atoms with Crippen LogP contribution in [0.5, 0.6) is 0 Å². The van der Waals surface area contributed by atoms with Gasteiger partial charge in [-0.1, -0.05) is 6.07 Å². The number of carbonyl (C=O) groups excluding carboxylic acids is 2. The number of hydrogen-bond donors (Lipinski definition) is 2. The minimum absolute atomic E-state index is 0.0827. The highest BCUT2D eigenvalue weighted by atomic mass is 32.1. The average molecular weight is 404 g/mol. The third kappa shape index (κ3) is 5.27. The molecule has 10 heteroatoms. The topological polar surface area (TPSA) is 69.6 Å². The zero-order valence-electron chi connectivity index (χ0n) is 14.3. The standard InChI is InChI=1S/C17H16F4N2O3S/c1-9-6-13(22-15(25)10-4-3-5-11(18)7-10)27-14(9)16(26)23(2)8-12(24)17(19,20)21/h3-7,12,24H,8H2,1-2H3,(H,22,25). The molecule has 0 radical (unpaired) electrons. The highest BCUT2D eigenvalue weighted by molar-refractivity contribution is 7.18. The van der Waals surface area contributed by atoms with Gasteiger partial charge in [0.25, 0.3) is 11.8 Å². The van der Waals surface area contributed by atoms with E-state index in [9.17, 15) is 27.2 Å². The summed E-state index contributed by atoms with van der Waals surface area (Å²) in [6.45, 7) is 0.653. The number of nitrogens with one attached hydrogen (secondary N) is 1. The Morgan fingerprint density at radius 2 is 1.96 bits per heavy atom. The summed E-state index contributed by atoms with van der Waals surface area (Å²) in [7, 11) is 1.14. The third-order valence-corrected chi connectivity index (χ3v) is 4.75. The van der Waals surface area contributed by atoms with Crippen LogP contribution in [-0.2, 0) is 0 Å². The molecule has 2 rings (SSSR count). The largest absolute Gasteiger partial charge is 0.416 e. The molecule has 0 aliphatic rings. The van der Waals surface area contributed by atoms with E-state index in [1.54, 1.807) is 6.92 Å². The maximum Gasteiger partial charge on any atom is 0.416 e. The van der Waals surface area contributed by atoms with Crippen LogP contribution >= 0.6 is 11.3 Å². The molecule has 5 nitrogen and oxygen atoms in total. The molecule has 1 atom stereocenters. The van der Waals surface area contributed by atoms with E-state index in [0.717, 1.165) is 29.4 Å². The molecule has 2 N–H and O–H groups in total. The highest BCUT2D eigenvalue weighted by Crippen LogP contribution is 2.29. The summed E-state index contributed by atoms with van der Waals surface area (Å²) in [4.78, 5) is 25.3. The number of rotatable bonds is 5. The van der Waals surface area contributed by atoms with E-state index < -0.39 is 36.5 Å². The quantitative estimate of drug-likeness (QED) is 0.750. The van der Waals surface area contributed by atoms with Gasteiger partial charge >= 0.3 is 6.18 Å². The molecule has 0 aliphatic carbocycles. The number of anilines is 1. The Kier molecular flexibility index (Phi) is 6.22. The van der Waals surface area contributed by atoms with Crippen LogP contribution in [0.1, 0.15) is 25.6 Å². The van der Waals surface area contributed by atoms with E-state index in [1.165, 1.54) is 24.3 Å². The molecular formula is C17H16F4N2O3S. The fourth-order valence-electron chi connectivity index (χ4n) is 2.19.